The number of nitrogens with zero attached hydrogens (tertiary/aromatic N) is 1. The molecule has 0 radical (unpaired) electrons. The van der Waals surface area contributed by atoms with Crippen LogP contribution in [-0.2, 0) is 9.59 Å². The maximum Gasteiger partial charge on any atom is 0.315 e. The highest BCUT2D eigenvalue weighted by Crippen LogP contribution is 2.25. The summed E-state index contributed by atoms with van der Waals surface area (Å²) in [4.78, 5) is 27.5. The number of halogens is 2. The molecule has 0 spiro atoms. The molecule has 0 saturated heterocycles. The minimum atomic E-state index is -0.846. The first-order chi connectivity index (χ1) is 9.95. The Morgan fingerprint density at radius 1 is 1.05 bits per heavy atom. The van der Waals surface area contributed by atoms with Crippen LogP contribution in [0, 0.1) is 6.92 Å². The molecule has 0 atom stereocenters. The van der Waals surface area contributed by atoms with E-state index in [0.29, 0.717) is 16.5 Å². The highest BCUT2D eigenvalue weighted by atomic mass is 35.5. The van der Waals surface area contributed by atoms with Crippen LogP contribution in [0.15, 0.2) is 36.5 Å². The lowest BCUT2D eigenvalue weighted by atomic mass is 10.3. The summed E-state index contributed by atoms with van der Waals surface area (Å²) in [5.41, 5.74) is 1.25. The molecule has 0 aliphatic carbocycles. The monoisotopic (exact) mass is 323 g/mol. The van der Waals surface area contributed by atoms with Crippen molar-refractivity contribution in [2.24, 2.45) is 0 Å². The number of carbonyl (C=O) groups is 2. The van der Waals surface area contributed by atoms with Crippen molar-refractivity contribution in [1.82, 2.24) is 4.98 Å². The molecule has 2 aromatic rings. The summed E-state index contributed by atoms with van der Waals surface area (Å²) in [5, 5.41) is 5.47. The van der Waals surface area contributed by atoms with Gasteiger partial charge in [0.2, 0.25) is 0 Å². The predicted octanol–water partition coefficient (Wildman–Crippen LogP) is 3.27. The molecule has 2 N–H and O–H groups in total. The van der Waals surface area contributed by atoms with Gasteiger partial charge in [-0.3, -0.25) is 9.59 Å². The zero-order valence-electron chi connectivity index (χ0n) is 11.0. The first-order valence-electron chi connectivity index (χ1n) is 5.96. The van der Waals surface area contributed by atoms with Gasteiger partial charge in [0, 0.05) is 11.2 Å². The van der Waals surface area contributed by atoms with Crippen LogP contribution < -0.4 is 10.6 Å². The standard InChI is InChI=1S/C14H11Cl2N3O2/c1-8-2-5-12(17-7-8)19-14(21)13(20)18-11-4-3-9(15)6-10(11)16/h2-7H,1H3,(H,18,20)(H,17,19,21). The Morgan fingerprint density at radius 3 is 2.38 bits per heavy atom. The molecule has 0 saturated carbocycles. The van der Waals surface area contributed by atoms with Crippen molar-refractivity contribution in [3.8, 4) is 0 Å². The molecule has 2 amide bonds. The summed E-state index contributed by atoms with van der Waals surface area (Å²) < 4.78 is 0. The predicted molar refractivity (Wildman–Crippen MR) is 82.7 cm³/mol. The van der Waals surface area contributed by atoms with Gasteiger partial charge < -0.3 is 10.6 Å². The summed E-state index contributed by atoms with van der Waals surface area (Å²) in [7, 11) is 0. The van der Waals surface area contributed by atoms with Crippen LogP contribution in [0.2, 0.25) is 10.0 Å². The number of carbonyl (C=O) groups excluding carboxylic acids is 2. The van der Waals surface area contributed by atoms with Gasteiger partial charge in [0.25, 0.3) is 0 Å². The largest absolute Gasteiger partial charge is 0.316 e. The smallest absolute Gasteiger partial charge is 0.315 e. The van der Waals surface area contributed by atoms with Crippen molar-refractivity contribution in [2.45, 2.75) is 6.92 Å². The van der Waals surface area contributed by atoms with Gasteiger partial charge in [0.1, 0.15) is 5.82 Å². The van der Waals surface area contributed by atoms with E-state index in [1.165, 1.54) is 12.1 Å². The molecule has 0 bridgehead atoms. The molecular weight excluding hydrogens is 313 g/mol. The van der Waals surface area contributed by atoms with E-state index in [2.05, 4.69) is 15.6 Å². The second-order valence-corrected chi connectivity index (χ2v) is 5.10. The number of anilines is 2. The van der Waals surface area contributed by atoms with Crippen molar-refractivity contribution in [3.63, 3.8) is 0 Å². The number of rotatable bonds is 2. The highest BCUT2D eigenvalue weighted by molar-refractivity contribution is 6.45. The molecule has 108 valence electrons. The first kappa shape index (κ1) is 15.3. The normalized spacial score (nSPS) is 10.0. The first-order valence-corrected chi connectivity index (χ1v) is 6.71. The number of aromatic nitrogens is 1. The van der Waals surface area contributed by atoms with Gasteiger partial charge in [-0.15, -0.1) is 0 Å². The second kappa shape index (κ2) is 6.56. The Labute approximate surface area is 131 Å². The van der Waals surface area contributed by atoms with E-state index >= 15 is 0 Å². The van der Waals surface area contributed by atoms with E-state index in [9.17, 15) is 9.59 Å². The maximum absolute atomic E-state index is 11.8. The topological polar surface area (TPSA) is 71.1 Å². The molecule has 1 heterocycles. The number of hydrogen-bond donors (Lipinski definition) is 2. The lowest BCUT2D eigenvalue weighted by molar-refractivity contribution is -0.133. The zero-order valence-corrected chi connectivity index (χ0v) is 12.5. The molecule has 0 aliphatic rings. The lowest BCUT2D eigenvalue weighted by Crippen LogP contribution is -2.29. The Morgan fingerprint density at radius 2 is 1.76 bits per heavy atom. The molecule has 5 nitrogen and oxygen atoms in total. The molecule has 21 heavy (non-hydrogen) atoms. The lowest BCUT2D eigenvalue weighted by Gasteiger charge is -2.07. The van der Waals surface area contributed by atoms with Crippen LogP contribution in [-0.4, -0.2) is 16.8 Å². The molecule has 1 aromatic carbocycles. The van der Waals surface area contributed by atoms with Crippen LogP contribution in [0.4, 0.5) is 11.5 Å². The van der Waals surface area contributed by atoms with E-state index < -0.39 is 11.8 Å². The van der Waals surface area contributed by atoms with Crippen LogP contribution in [0.3, 0.4) is 0 Å². The minimum absolute atomic E-state index is 0.247. The van der Waals surface area contributed by atoms with Crippen molar-refractivity contribution >= 4 is 46.5 Å². The average molecular weight is 324 g/mol. The third-order valence-electron chi connectivity index (χ3n) is 2.54. The molecular formula is C14H11Cl2N3O2. The Balaban J connectivity index is 2.02. The van der Waals surface area contributed by atoms with Gasteiger partial charge >= 0.3 is 11.8 Å². The Bertz CT molecular complexity index is 687. The zero-order chi connectivity index (χ0) is 15.4. The number of amides is 2. The van der Waals surface area contributed by atoms with E-state index in [-0.39, 0.29) is 5.02 Å². The van der Waals surface area contributed by atoms with Crippen molar-refractivity contribution in [2.75, 3.05) is 10.6 Å². The van der Waals surface area contributed by atoms with Crippen LogP contribution in [0.25, 0.3) is 0 Å². The highest BCUT2D eigenvalue weighted by Gasteiger charge is 2.15. The van der Waals surface area contributed by atoms with Gasteiger partial charge in [0.15, 0.2) is 0 Å². The summed E-state index contributed by atoms with van der Waals surface area (Å²) in [6.07, 6.45) is 1.59. The average Bonchev–Trinajstić information content (AvgIpc) is 2.44. The number of benzene rings is 1. The molecule has 2 rings (SSSR count). The molecule has 7 heteroatoms. The fourth-order valence-corrected chi connectivity index (χ4v) is 1.94. The SMILES string of the molecule is Cc1ccc(NC(=O)C(=O)Nc2ccc(Cl)cc2Cl)nc1. The van der Waals surface area contributed by atoms with Crippen LogP contribution in [0.5, 0.6) is 0 Å². The quantitative estimate of drug-likeness (QED) is 0.833. The van der Waals surface area contributed by atoms with Gasteiger partial charge in [-0.2, -0.15) is 0 Å². The summed E-state index contributed by atoms with van der Waals surface area (Å²) in [6, 6.07) is 7.92. The summed E-state index contributed by atoms with van der Waals surface area (Å²) in [5.74, 6) is -1.39. The van der Waals surface area contributed by atoms with Crippen LogP contribution in [0.1, 0.15) is 5.56 Å². The van der Waals surface area contributed by atoms with E-state index in [1.807, 2.05) is 6.92 Å². The maximum atomic E-state index is 11.8. The number of hydrogen-bond acceptors (Lipinski definition) is 3. The van der Waals surface area contributed by atoms with Gasteiger partial charge in [-0.1, -0.05) is 29.3 Å². The Kier molecular flexibility index (Phi) is 4.77. The second-order valence-electron chi connectivity index (χ2n) is 4.25. The van der Waals surface area contributed by atoms with Crippen molar-refractivity contribution < 1.29 is 9.59 Å². The van der Waals surface area contributed by atoms with E-state index in [4.69, 9.17) is 23.2 Å². The van der Waals surface area contributed by atoms with Crippen molar-refractivity contribution in [3.05, 3.63) is 52.1 Å². The fourth-order valence-electron chi connectivity index (χ4n) is 1.48. The number of pyridine rings is 1. The van der Waals surface area contributed by atoms with Gasteiger partial charge in [0.05, 0.1) is 10.7 Å². The van der Waals surface area contributed by atoms with E-state index in [0.717, 1.165) is 5.56 Å². The molecule has 0 unspecified atom stereocenters. The third kappa shape index (κ3) is 4.18. The summed E-state index contributed by atoms with van der Waals surface area (Å²) >= 11 is 11.7. The number of aryl methyl sites for hydroxylation is 1. The third-order valence-corrected chi connectivity index (χ3v) is 3.09. The molecule has 1 aromatic heterocycles. The van der Waals surface area contributed by atoms with Gasteiger partial charge in [-0.05, 0) is 36.8 Å². The summed E-state index contributed by atoms with van der Waals surface area (Å²) in [6.45, 7) is 1.87. The van der Waals surface area contributed by atoms with Crippen LogP contribution >= 0.6 is 23.2 Å². The molecule has 0 aliphatic heterocycles. The fraction of sp³-hybridized carbons (Fsp3) is 0.0714. The Hall–Kier alpha value is -2.11. The van der Waals surface area contributed by atoms with E-state index in [1.54, 1.807) is 24.4 Å². The van der Waals surface area contributed by atoms with Crippen molar-refractivity contribution in [1.29, 1.82) is 0 Å². The minimum Gasteiger partial charge on any atom is -0.316 e. The van der Waals surface area contributed by atoms with Gasteiger partial charge in [-0.25, -0.2) is 4.98 Å². The number of nitrogens with one attached hydrogen (secondary N) is 2. The molecule has 0 fully saturated rings.